The summed E-state index contributed by atoms with van der Waals surface area (Å²) in [4.78, 5) is 11.0. The van der Waals surface area contributed by atoms with Crippen LogP contribution in [0.5, 0.6) is 0 Å². The van der Waals surface area contributed by atoms with Crippen LogP contribution in [0, 0.1) is 0 Å². The third-order valence-electron chi connectivity index (χ3n) is 3.51. The fraction of sp³-hybridized carbons (Fsp3) is 0.923. The summed E-state index contributed by atoms with van der Waals surface area (Å²) in [5.74, 6) is 0.0520. The van der Waals surface area contributed by atoms with E-state index in [1.165, 1.54) is 0 Å². The van der Waals surface area contributed by atoms with Crippen LogP contribution in [0.3, 0.4) is 0 Å². The number of aliphatic hydroxyl groups excluding tert-OH is 1. The molecule has 0 aromatic carbocycles. The minimum absolute atomic E-state index is 0.0520. The Morgan fingerprint density at radius 3 is 2.85 bits per heavy atom. The molecule has 0 aromatic heterocycles. The molecule has 7 heteroatoms. The number of aliphatic hydroxyl groups is 1. The fourth-order valence-corrected chi connectivity index (χ4v) is 2.21. The Labute approximate surface area is 120 Å². The third kappa shape index (κ3) is 5.34. The second-order valence-corrected chi connectivity index (χ2v) is 5.08. The molecule has 20 heavy (non-hydrogen) atoms. The van der Waals surface area contributed by atoms with Gasteiger partial charge in [-0.25, -0.2) is 0 Å². The van der Waals surface area contributed by atoms with Crippen molar-refractivity contribution in [2.45, 2.75) is 50.0 Å². The van der Waals surface area contributed by atoms with Gasteiger partial charge in [-0.2, -0.15) is 0 Å². The molecular weight excluding hydrogens is 262 g/mol. The molecule has 1 fully saturated rings. The van der Waals surface area contributed by atoms with E-state index in [2.05, 4.69) is 5.32 Å². The lowest BCUT2D eigenvalue weighted by Gasteiger charge is -2.38. The van der Waals surface area contributed by atoms with Crippen LogP contribution >= 0.6 is 0 Å². The Morgan fingerprint density at radius 2 is 2.20 bits per heavy atom. The van der Waals surface area contributed by atoms with Gasteiger partial charge >= 0.3 is 0 Å². The number of nitrogens with one attached hydrogen (secondary N) is 1. The number of ether oxygens (including phenoxy) is 2. The fourth-order valence-electron chi connectivity index (χ4n) is 2.21. The van der Waals surface area contributed by atoms with E-state index in [4.69, 9.17) is 20.9 Å². The van der Waals surface area contributed by atoms with Gasteiger partial charge in [0.1, 0.15) is 12.2 Å². The Hall–Kier alpha value is -0.730. The lowest BCUT2D eigenvalue weighted by molar-refractivity contribution is -0.164. The van der Waals surface area contributed by atoms with Crippen LogP contribution < -0.4 is 16.8 Å². The van der Waals surface area contributed by atoms with Gasteiger partial charge < -0.3 is 31.4 Å². The minimum atomic E-state index is -0.747. The van der Waals surface area contributed by atoms with Crippen molar-refractivity contribution < 1.29 is 19.4 Å². The molecule has 118 valence electrons. The van der Waals surface area contributed by atoms with E-state index in [1.807, 2.05) is 0 Å². The Balaban J connectivity index is 2.20. The number of hydrogen-bond acceptors (Lipinski definition) is 6. The summed E-state index contributed by atoms with van der Waals surface area (Å²) >= 11 is 0. The lowest BCUT2D eigenvalue weighted by atomic mass is 9.98. The average molecular weight is 289 g/mol. The normalized spacial score (nSPS) is 30.2. The maximum atomic E-state index is 11.0. The summed E-state index contributed by atoms with van der Waals surface area (Å²) in [6.07, 6.45) is 1.55. The molecule has 0 aliphatic carbocycles. The zero-order valence-corrected chi connectivity index (χ0v) is 12.1. The zero-order valence-electron chi connectivity index (χ0n) is 12.1. The number of amides is 1. The number of unbranched alkanes of at least 4 members (excludes halogenated alkanes) is 2. The highest BCUT2D eigenvalue weighted by molar-refractivity contribution is 5.75. The van der Waals surface area contributed by atoms with Gasteiger partial charge in [0.2, 0.25) is 5.91 Å². The molecule has 7 nitrogen and oxygen atoms in total. The summed E-state index contributed by atoms with van der Waals surface area (Å²) in [6, 6.07) is -0.434. The Bertz CT molecular complexity index is 289. The van der Waals surface area contributed by atoms with Gasteiger partial charge in [-0.15, -0.1) is 0 Å². The molecule has 1 heterocycles. The van der Waals surface area contributed by atoms with Crippen molar-refractivity contribution in [2.24, 2.45) is 11.5 Å². The molecular formula is C13H27N3O4. The molecule has 0 saturated carbocycles. The monoisotopic (exact) mass is 289 g/mol. The van der Waals surface area contributed by atoms with Gasteiger partial charge in [0.05, 0.1) is 18.8 Å². The molecule has 0 radical (unpaired) electrons. The van der Waals surface area contributed by atoms with E-state index < -0.39 is 18.2 Å². The summed E-state index contributed by atoms with van der Waals surface area (Å²) in [6.45, 7) is 1.10. The standard InChI is InChI=1S/C13H27N3O4/c1-16-11(17)5-3-2-4-6-19-13-10(7-14)20-8-9(15)12(13)18/h9-10,12-13,18H,2-8,14-15H2,1H3,(H,16,17). The lowest BCUT2D eigenvalue weighted by Crippen LogP contribution is -2.59. The molecule has 0 bridgehead atoms. The van der Waals surface area contributed by atoms with Gasteiger partial charge in [-0.05, 0) is 12.8 Å². The van der Waals surface area contributed by atoms with Crippen LogP contribution in [0.15, 0.2) is 0 Å². The predicted molar refractivity (Wildman–Crippen MR) is 75.1 cm³/mol. The molecule has 0 spiro atoms. The molecule has 4 atom stereocenters. The van der Waals surface area contributed by atoms with Crippen LogP contribution in [0.2, 0.25) is 0 Å². The molecule has 1 amide bonds. The van der Waals surface area contributed by atoms with E-state index in [9.17, 15) is 9.90 Å². The SMILES string of the molecule is CNC(=O)CCCCCOC1C(CN)OCC(N)C1O. The van der Waals surface area contributed by atoms with E-state index >= 15 is 0 Å². The highest BCUT2D eigenvalue weighted by Gasteiger charge is 2.37. The first-order valence-electron chi connectivity index (χ1n) is 7.17. The predicted octanol–water partition coefficient (Wildman–Crippen LogP) is -1.28. The third-order valence-corrected chi connectivity index (χ3v) is 3.51. The minimum Gasteiger partial charge on any atom is -0.389 e. The number of hydrogen-bond donors (Lipinski definition) is 4. The summed E-state index contributed by atoms with van der Waals surface area (Å²) in [5.41, 5.74) is 11.3. The highest BCUT2D eigenvalue weighted by Crippen LogP contribution is 2.17. The smallest absolute Gasteiger partial charge is 0.219 e. The van der Waals surface area contributed by atoms with Crippen LogP contribution in [-0.2, 0) is 14.3 Å². The maximum absolute atomic E-state index is 11.0. The van der Waals surface area contributed by atoms with Crippen molar-refractivity contribution in [2.75, 3.05) is 26.8 Å². The van der Waals surface area contributed by atoms with Gasteiger partial charge in [0, 0.05) is 26.6 Å². The maximum Gasteiger partial charge on any atom is 0.219 e. The van der Waals surface area contributed by atoms with Crippen molar-refractivity contribution in [3.05, 3.63) is 0 Å². The first-order chi connectivity index (χ1) is 9.60. The zero-order chi connectivity index (χ0) is 15.0. The number of carbonyl (C=O) groups excluding carboxylic acids is 1. The number of nitrogens with two attached hydrogens (primary N) is 2. The van der Waals surface area contributed by atoms with Crippen molar-refractivity contribution in [3.63, 3.8) is 0 Å². The Morgan fingerprint density at radius 1 is 1.45 bits per heavy atom. The topological polar surface area (TPSA) is 120 Å². The van der Waals surface area contributed by atoms with Gasteiger partial charge in [0.15, 0.2) is 0 Å². The van der Waals surface area contributed by atoms with Crippen LogP contribution in [0.1, 0.15) is 25.7 Å². The van der Waals surface area contributed by atoms with Crippen molar-refractivity contribution in [1.29, 1.82) is 0 Å². The van der Waals surface area contributed by atoms with E-state index in [0.29, 0.717) is 26.2 Å². The second-order valence-electron chi connectivity index (χ2n) is 5.08. The van der Waals surface area contributed by atoms with E-state index in [0.717, 1.165) is 19.3 Å². The number of carbonyl (C=O) groups is 1. The molecule has 0 aromatic rings. The van der Waals surface area contributed by atoms with Crippen LogP contribution in [0.25, 0.3) is 0 Å². The van der Waals surface area contributed by atoms with Gasteiger partial charge in [0.25, 0.3) is 0 Å². The molecule has 1 rings (SSSR count). The molecule has 1 aliphatic heterocycles. The molecule has 4 unspecified atom stereocenters. The Kier molecular flexibility index (Phi) is 8.01. The van der Waals surface area contributed by atoms with Crippen LogP contribution in [-0.4, -0.2) is 62.2 Å². The second kappa shape index (κ2) is 9.25. The summed E-state index contributed by atoms with van der Waals surface area (Å²) in [5, 5.41) is 12.6. The van der Waals surface area contributed by atoms with Crippen molar-refractivity contribution in [3.8, 4) is 0 Å². The van der Waals surface area contributed by atoms with Crippen molar-refractivity contribution >= 4 is 5.91 Å². The molecule has 6 N–H and O–H groups in total. The average Bonchev–Trinajstić information content (AvgIpc) is 2.46. The highest BCUT2D eigenvalue weighted by atomic mass is 16.6. The summed E-state index contributed by atoms with van der Waals surface area (Å²) in [7, 11) is 1.63. The van der Waals surface area contributed by atoms with E-state index in [1.54, 1.807) is 7.05 Å². The van der Waals surface area contributed by atoms with E-state index in [-0.39, 0.29) is 12.0 Å². The number of rotatable bonds is 8. The van der Waals surface area contributed by atoms with Gasteiger partial charge in [-0.1, -0.05) is 6.42 Å². The first kappa shape index (κ1) is 17.3. The quantitative estimate of drug-likeness (QED) is 0.413. The molecule has 1 saturated heterocycles. The van der Waals surface area contributed by atoms with Crippen molar-refractivity contribution in [1.82, 2.24) is 5.32 Å². The summed E-state index contributed by atoms with van der Waals surface area (Å²) < 4.78 is 11.1. The molecule has 1 aliphatic rings. The first-order valence-corrected chi connectivity index (χ1v) is 7.17. The van der Waals surface area contributed by atoms with Gasteiger partial charge in [-0.3, -0.25) is 4.79 Å². The van der Waals surface area contributed by atoms with Crippen LogP contribution in [0.4, 0.5) is 0 Å². The largest absolute Gasteiger partial charge is 0.389 e.